The van der Waals surface area contributed by atoms with Gasteiger partial charge in [-0.25, -0.2) is 0 Å². The summed E-state index contributed by atoms with van der Waals surface area (Å²) in [5, 5.41) is 10.7. The fourth-order valence-electron chi connectivity index (χ4n) is 2.19. The predicted molar refractivity (Wildman–Crippen MR) is 100 cm³/mol. The van der Waals surface area contributed by atoms with Crippen LogP contribution in [0.15, 0.2) is 48.5 Å². The lowest BCUT2D eigenvalue weighted by atomic mass is 10.2. The normalized spacial score (nSPS) is 10.4. The summed E-state index contributed by atoms with van der Waals surface area (Å²) in [7, 11) is 0. The molecule has 0 bridgehead atoms. The van der Waals surface area contributed by atoms with Crippen molar-refractivity contribution in [1.29, 1.82) is 5.41 Å². The van der Waals surface area contributed by atoms with Crippen molar-refractivity contribution in [2.24, 2.45) is 5.73 Å². The first-order valence-corrected chi connectivity index (χ1v) is 8.41. The molecule has 2 rings (SSSR count). The molecular weight excluding hydrogens is 314 g/mol. The van der Waals surface area contributed by atoms with Gasteiger partial charge in [-0.2, -0.15) is 0 Å². The molecule has 25 heavy (non-hydrogen) atoms. The second-order valence-corrected chi connectivity index (χ2v) is 5.66. The van der Waals surface area contributed by atoms with Crippen molar-refractivity contribution in [2.45, 2.75) is 12.8 Å². The average molecular weight is 339 g/mol. The van der Waals surface area contributed by atoms with Crippen molar-refractivity contribution in [3.05, 3.63) is 66.6 Å². The minimum Gasteiger partial charge on any atom is -0.494 e. The fraction of sp³-hybridized carbons (Fsp3) is 0.300. The van der Waals surface area contributed by atoms with Crippen LogP contribution in [0.5, 0.6) is 11.5 Å². The van der Waals surface area contributed by atoms with Gasteiger partial charge >= 0.3 is 0 Å². The molecule has 0 unspecified atom stereocenters. The topological polar surface area (TPSA) is 80.4 Å². The summed E-state index contributed by atoms with van der Waals surface area (Å²) in [6.45, 7) is 8.75. The van der Waals surface area contributed by atoms with Crippen LogP contribution in [0.2, 0.25) is 0 Å². The standard InChI is InChI=1S/C20H25N3O2/c1-16-4-8-18(9-5-16)24-14-2-12-23-13-3-15-25-19-10-6-17(7-11-19)20(21)22/h1,4-11,23H,2-3,12-15H2,(H3,21,22). The lowest BCUT2D eigenvalue weighted by Crippen LogP contribution is -2.20. The number of nitrogens with two attached hydrogens (primary N) is 1. The average Bonchev–Trinajstić information content (AvgIpc) is 2.62. The third-order valence-electron chi connectivity index (χ3n) is 3.58. The van der Waals surface area contributed by atoms with Gasteiger partial charge in [0.1, 0.15) is 17.3 Å². The van der Waals surface area contributed by atoms with E-state index in [0.29, 0.717) is 18.8 Å². The highest BCUT2D eigenvalue weighted by atomic mass is 16.5. The van der Waals surface area contributed by atoms with Gasteiger partial charge in [0.15, 0.2) is 0 Å². The Bertz CT molecular complexity index is 639. The van der Waals surface area contributed by atoms with E-state index in [1.54, 1.807) is 12.1 Å². The first-order chi connectivity index (χ1) is 12.1. The zero-order valence-electron chi connectivity index (χ0n) is 14.3. The van der Waals surface area contributed by atoms with Crippen LogP contribution in [-0.2, 0) is 0 Å². The quantitative estimate of drug-likeness (QED) is 0.334. The molecule has 0 heterocycles. The maximum atomic E-state index is 7.34. The zero-order chi connectivity index (χ0) is 17.9. The first kappa shape index (κ1) is 18.8. The number of ether oxygens (including phenoxy) is 2. The molecule has 0 saturated carbocycles. The van der Waals surface area contributed by atoms with E-state index in [1.165, 1.54) is 0 Å². The number of nitrogens with one attached hydrogen (secondary N) is 2. The number of nitrogen functional groups attached to an aromatic ring is 1. The van der Waals surface area contributed by atoms with Crippen molar-refractivity contribution < 1.29 is 9.47 Å². The van der Waals surface area contributed by atoms with Gasteiger partial charge in [0.05, 0.1) is 13.2 Å². The van der Waals surface area contributed by atoms with Crippen LogP contribution in [0.3, 0.4) is 0 Å². The maximum absolute atomic E-state index is 7.34. The Morgan fingerprint density at radius 1 is 0.880 bits per heavy atom. The molecule has 132 valence electrons. The van der Waals surface area contributed by atoms with Crippen LogP contribution in [0.25, 0.3) is 0 Å². The molecule has 2 aromatic carbocycles. The van der Waals surface area contributed by atoms with Crippen LogP contribution in [0.4, 0.5) is 0 Å². The highest BCUT2D eigenvalue weighted by Crippen LogP contribution is 2.12. The van der Waals surface area contributed by atoms with Crippen LogP contribution < -0.4 is 20.5 Å². The van der Waals surface area contributed by atoms with Gasteiger partial charge in [-0.15, -0.1) is 0 Å². The van der Waals surface area contributed by atoms with Crippen LogP contribution in [0, 0.1) is 12.3 Å². The molecule has 0 aliphatic heterocycles. The van der Waals surface area contributed by atoms with Gasteiger partial charge in [-0.1, -0.05) is 12.1 Å². The van der Waals surface area contributed by atoms with Gasteiger partial charge in [-0.05, 0) is 74.8 Å². The summed E-state index contributed by atoms with van der Waals surface area (Å²) >= 11 is 0. The fourth-order valence-corrected chi connectivity index (χ4v) is 2.19. The van der Waals surface area contributed by atoms with Crippen molar-refractivity contribution in [3.8, 4) is 11.5 Å². The van der Waals surface area contributed by atoms with Crippen LogP contribution in [0.1, 0.15) is 24.0 Å². The number of rotatable bonds is 11. The molecule has 4 N–H and O–H groups in total. The van der Waals surface area contributed by atoms with Gasteiger partial charge in [-0.3, -0.25) is 5.41 Å². The molecule has 0 spiro atoms. The second-order valence-electron chi connectivity index (χ2n) is 5.66. The van der Waals surface area contributed by atoms with E-state index in [1.807, 2.05) is 36.4 Å². The molecule has 0 fully saturated rings. The lowest BCUT2D eigenvalue weighted by molar-refractivity contribution is 0.298. The van der Waals surface area contributed by atoms with E-state index < -0.39 is 0 Å². The van der Waals surface area contributed by atoms with Gasteiger partial charge in [0, 0.05) is 5.56 Å². The summed E-state index contributed by atoms with van der Waals surface area (Å²) in [4.78, 5) is 0. The summed E-state index contributed by atoms with van der Waals surface area (Å²) < 4.78 is 11.3. The Morgan fingerprint density at radius 3 is 1.84 bits per heavy atom. The molecule has 0 aliphatic carbocycles. The number of benzene rings is 2. The molecule has 2 aromatic rings. The molecule has 0 aromatic heterocycles. The lowest BCUT2D eigenvalue weighted by Gasteiger charge is -2.09. The third-order valence-corrected chi connectivity index (χ3v) is 3.58. The van der Waals surface area contributed by atoms with Gasteiger partial charge < -0.3 is 20.5 Å². The smallest absolute Gasteiger partial charge is 0.122 e. The first-order valence-electron chi connectivity index (χ1n) is 8.41. The SMILES string of the molecule is [CH]c1ccc(OCCCNCCCOc2ccc(C(=N)N)cc2)cc1. The maximum Gasteiger partial charge on any atom is 0.122 e. The minimum absolute atomic E-state index is 0.0659. The van der Waals surface area contributed by atoms with E-state index in [9.17, 15) is 0 Å². The van der Waals surface area contributed by atoms with E-state index >= 15 is 0 Å². The summed E-state index contributed by atoms with van der Waals surface area (Å²) in [5.41, 5.74) is 6.86. The summed E-state index contributed by atoms with van der Waals surface area (Å²) in [6, 6.07) is 14.7. The van der Waals surface area contributed by atoms with E-state index in [4.69, 9.17) is 27.5 Å². The Kier molecular flexibility index (Phi) is 7.79. The highest BCUT2D eigenvalue weighted by molar-refractivity contribution is 5.94. The summed E-state index contributed by atoms with van der Waals surface area (Å²) in [5.74, 6) is 1.71. The molecule has 0 aliphatic rings. The van der Waals surface area contributed by atoms with E-state index in [0.717, 1.165) is 43.0 Å². The molecule has 0 amide bonds. The largest absolute Gasteiger partial charge is 0.494 e. The number of amidine groups is 1. The van der Waals surface area contributed by atoms with Crippen molar-refractivity contribution in [3.63, 3.8) is 0 Å². The Hall–Kier alpha value is -2.53. The van der Waals surface area contributed by atoms with Crippen LogP contribution in [-0.4, -0.2) is 32.1 Å². The van der Waals surface area contributed by atoms with Crippen LogP contribution >= 0.6 is 0 Å². The predicted octanol–water partition coefficient (Wildman–Crippen LogP) is 2.86. The monoisotopic (exact) mass is 339 g/mol. The number of hydrogen-bond acceptors (Lipinski definition) is 4. The molecule has 0 saturated heterocycles. The van der Waals surface area contributed by atoms with Crippen molar-refractivity contribution in [2.75, 3.05) is 26.3 Å². The molecule has 0 atom stereocenters. The van der Waals surface area contributed by atoms with Gasteiger partial charge in [0.25, 0.3) is 0 Å². The van der Waals surface area contributed by atoms with Crippen molar-refractivity contribution in [1.82, 2.24) is 5.32 Å². The third kappa shape index (κ3) is 7.27. The molecular formula is C20H25N3O2. The van der Waals surface area contributed by atoms with E-state index in [2.05, 4.69) is 5.32 Å². The second kappa shape index (κ2) is 10.4. The Morgan fingerprint density at radius 2 is 1.36 bits per heavy atom. The highest BCUT2D eigenvalue weighted by Gasteiger charge is 1.98. The zero-order valence-corrected chi connectivity index (χ0v) is 14.3. The number of hydrogen-bond donors (Lipinski definition) is 3. The Balaban J connectivity index is 1.46. The van der Waals surface area contributed by atoms with E-state index in [-0.39, 0.29) is 5.84 Å². The minimum atomic E-state index is 0.0659. The van der Waals surface area contributed by atoms with Gasteiger partial charge in [0.2, 0.25) is 0 Å². The Labute approximate surface area is 149 Å². The van der Waals surface area contributed by atoms with Crippen molar-refractivity contribution >= 4 is 5.84 Å². The molecule has 5 heteroatoms. The summed E-state index contributed by atoms with van der Waals surface area (Å²) in [6.07, 6.45) is 1.87. The molecule has 2 radical (unpaired) electrons. The molecule has 5 nitrogen and oxygen atoms in total.